The first-order valence-corrected chi connectivity index (χ1v) is 22.0. The van der Waals surface area contributed by atoms with Crippen LogP contribution in [-0.4, -0.2) is 94.1 Å². The van der Waals surface area contributed by atoms with Crippen molar-refractivity contribution in [3.63, 3.8) is 0 Å². The molecule has 2 atom stereocenters. The normalized spacial score (nSPS) is 16.0. The minimum atomic E-state index is -0.616. The lowest BCUT2D eigenvalue weighted by molar-refractivity contribution is -0.127. The van der Waals surface area contributed by atoms with Crippen molar-refractivity contribution in [3.05, 3.63) is 124 Å². The van der Waals surface area contributed by atoms with Crippen LogP contribution in [0.3, 0.4) is 0 Å². The van der Waals surface area contributed by atoms with Crippen molar-refractivity contribution in [3.8, 4) is 23.0 Å². The van der Waals surface area contributed by atoms with E-state index in [2.05, 4.69) is 26.6 Å². The van der Waals surface area contributed by atoms with Gasteiger partial charge in [-0.15, -0.1) is 0 Å². The summed E-state index contributed by atoms with van der Waals surface area (Å²) in [6, 6.07) is 27.4. The number of hydrogen-bond donors (Lipinski definition) is 5. The topological polar surface area (TPSA) is 218 Å². The van der Waals surface area contributed by atoms with Crippen LogP contribution < -0.4 is 55.3 Å². The fraction of sp³-hybridized carbons (Fsp3) is 0.260. The standard InChI is InChI=1S/C50H48N8O10/c1-28(59)51-23-46(60)54-24-47(61)55-25-48(62)56-33-13-29(26-67-44-19-38-36(17-42(44)65-2)49(63)57-34(21-52-38)15-31-8-4-6-10-40(31)57)12-30(14-33)27-68-45-20-39-37(18-43(45)66-3)50(64)58-35(22-53-39)16-32-9-5-7-11-41(32)58/h4-14,17-21,34-35,53H,15-16,22-27H2,1-3H3,(H,51,59)(H,54,60)(H,55,61)(H,56,62)/t34-,35?/m0/s1. The summed E-state index contributed by atoms with van der Waals surface area (Å²) < 4.78 is 24.2. The maximum absolute atomic E-state index is 14.0. The van der Waals surface area contributed by atoms with Crippen LogP contribution in [0.1, 0.15) is 49.9 Å². The second-order valence-corrected chi connectivity index (χ2v) is 16.6. The fourth-order valence-corrected chi connectivity index (χ4v) is 8.82. The molecule has 6 amide bonds. The Bertz CT molecular complexity index is 2900. The van der Waals surface area contributed by atoms with Crippen molar-refractivity contribution in [2.45, 2.75) is 45.1 Å². The highest BCUT2D eigenvalue weighted by Crippen LogP contribution is 2.43. The number of carbonyl (C=O) groups is 6. The van der Waals surface area contributed by atoms with Crippen LogP contribution in [-0.2, 0) is 45.2 Å². The number of nitrogens with zero attached hydrogens (tertiary/aromatic N) is 3. The van der Waals surface area contributed by atoms with Crippen molar-refractivity contribution in [1.29, 1.82) is 0 Å². The zero-order valence-corrected chi connectivity index (χ0v) is 37.5. The lowest BCUT2D eigenvalue weighted by Crippen LogP contribution is -2.43. The molecule has 9 rings (SSSR count). The Morgan fingerprint density at radius 2 is 1.24 bits per heavy atom. The van der Waals surface area contributed by atoms with Gasteiger partial charge in [0, 0.05) is 55.3 Å². The number of fused-ring (bicyclic) bond motifs is 8. The number of rotatable bonds is 15. The summed E-state index contributed by atoms with van der Waals surface area (Å²) >= 11 is 0. The number of carbonyl (C=O) groups excluding carboxylic acids is 6. The molecule has 0 bridgehead atoms. The van der Waals surface area contributed by atoms with Gasteiger partial charge in [0.05, 0.1) is 68.4 Å². The van der Waals surface area contributed by atoms with Crippen LogP contribution >= 0.6 is 0 Å². The first kappa shape index (κ1) is 44.8. The first-order chi connectivity index (χ1) is 33.0. The lowest BCUT2D eigenvalue weighted by atomic mass is 10.1. The van der Waals surface area contributed by atoms with Gasteiger partial charge in [-0.3, -0.25) is 38.7 Å². The molecule has 0 aliphatic carbocycles. The Labute approximate surface area is 391 Å². The molecule has 0 saturated heterocycles. The van der Waals surface area contributed by atoms with Gasteiger partial charge >= 0.3 is 0 Å². The Balaban J connectivity index is 0.938. The van der Waals surface area contributed by atoms with E-state index in [1.54, 1.807) is 47.5 Å². The number of hydrogen-bond acceptors (Lipinski definition) is 12. The molecule has 18 nitrogen and oxygen atoms in total. The number of nitrogens with one attached hydrogen (secondary N) is 5. The largest absolute Gasteiger partial charge is 0.493 e. The number of ether oxygens (including phenoxy) is 4. The van der Waals surface area contributed by atoms with E-state index in [1.165, 1.54) is 21.1 Å². The van der Waals surface area contributed by atoms with Gasteiger partial charge in [0.25, 0.3) is 11.8 Å². The van der Waals surface area contributed by atoms with E-state index in [4.69, 9.17) is 23.9 Å². The van der Waals surface area contributed by atoms with Crippen LogP contribution in [0.15, 0.2) is 96.0 Å². The molecule has 0 radical (unpaired) electrons. The predicted octanol–water partition coefficient (Wildman–Crippen LogP) is 4.45. The molecule has 1 unspecified atom stereocenters. The van der Waals surface area contributed by atoms with Crippen molar-refractivity contribution < 1.29 is 47.7 Å². The molecule has 0 saturated carbocycles. The maximum Gasteiger partial charge on any atom is 0.261 e. The van der Waals surface area contributed by atoms with E-state index < -0.39 is 36.7 Å². The van der Waals surface area contributed by atoms with Crippen LogP contribution in [0, 0.1) is 0 Å². The molecule has 5 aromatic carbocycles. The van der Waals surface area contributed by atoms with E-state index in [0.717, 1.165) is 28.9 Å². The molecule has 0 spiro atoms. The number of anilines is 4. The SMILES string of the molecule is COc1cc2c(cc1OCc1cc(COc3cc4c(cc3OC)C(=O)N3c5ccccc5CC3CN4)cc(NC(=O)CNC(=O)CNC(=O)CNC(C)=O)c1)N=C[C@@H]1Cc3ccccc3N1C2=O. The zero-order chi connectivity index (χ0) is 47.5. The van der Waals surface area contributed by atoms with Gasteiger partial charge in [0.2, 0.25) is 23.6 Å². The van der Waals surface area contributed by atoms with Gasteiger partial charge in [-0.25, -0.2) is 0 Å². The monoisotopic (exact) mass is 920 g/mol. The average molecular weight is 921 g/mol. The van der Waals surface area contributed by atoms with Crippen LogP contribution in [0.5, 0.6) is 23.0 Å². The fourth-order valence-electron chi connectivity index (χ4n) is 8.82. The second kappa shape index (κ2) is 19.2. The quantitative estimate of drug-likeness (QED) is 0.0988. The number of amides is 6. The van der Waals surface area contributed by atoms with Gasteiger partial charge in [-0.05, 0) is 71.1 Å². The zero-order valence-electron chi connectivity index (χ0n) is 37.5. The van der Waals surface area contributed by atoms with Gasteiger partial charge in [0.15, 0.2) is 23.0 Å². The Morgan fingerprint density at radius 3 is 1.90 bits per heavy atom. The summed E-state index contributed by atoms with van der Waals surface area (Å²) in [5.74, 6) is -1.10. The predicted molar refractivity (Wildman–Crippen MR) is 253 cm³/mol. The van der Waals surface area contributed by atoms with E-state index in [0.29, 0.717) is 75.3 Å². The number of aliphatic imine (C=N–C) groups is 1. The molecule has 68 heavy (non-hydrogen) atoms. The minimum Gasteiger partial charge on any atom is -0.493 e. The summed E-state index contributed by atoms with van der Waals surface area (Å²) in [6.45, 7) is 0.670. The molecular weight excluding hydrogens is 873 g/mol. The third-order valence-corrected chi connectivity index (χ3v) is 12.0. The molecule has 18 heteroatoms. The summed E-state index contributed by atoms with van der Waals surface area (Å²) in [7, 11) is 2.99. The van der Waals surface area contributed by atoms with Gasteiger partial charge < -0.3 is 50.4 Å². The van der Waals surface area contributed by atoms with Crippen molar-refractivity contribution in [1.82, 2.24) is 16.0 Å². The molecule has 4 heterocycles. The van der Waals surface area contributed by atoms with E-state index in [-0.39, 0.29) is 43.7 Å². The molecule has 4 aliphatic heterocycles. The van der Waals surface area contributed by atoms with E-state index >= 15 is 0 Å². The van der Waals surface area contributed by atoms with Gasteiger partial charge in [-0.2, -0.15) is 0 Å². The third kappa shape index (κ3) is 9.33. The smallest absolute Gasteiger partial charge is 0.261 e. The molecule has 4 aliphatic rings. The highest BCUT2D eigenvalue weighted by molar-refractivity contribution is 6.15. The summed E-state index contributed by atoms with van der Waals surface area (Å²) in [5.41, 5.74) is 7.37. The molecule has 5 N–H and O–H groups in total. The van der Waals surface area contributed by atoms with Crippen molar-refractivity contribution >= 4 is 70.1 Å². The Hall–Kier alpha value is -8.41. The highest BCUT2D eigenvalue weighted by atomic mass is 16.5. The molecule has 0 fully saturated rings. The molecule has 348 valence electrons. The van der Waals surface area contributed by atoms with Crippen molar-refractivity contribution in [2.24, 2.45) is 4.99 Å². The summed E-state index contributed by atoms with van der Waals surface area (Å²) in [4.78, 5) is 85.0. The lowest BCUT2D eigenvalue weighted by Gasteiger charge is -2.22. The van der Waals surface area contributed by atoms with Crippen LogP contribution in [0.4, 0.5) is 28.4 Å². The summed E-state index contributed by atoms with van der Waals surface area (Å²) in [5, 5.41) is 13.4. The van der Waals surface area contributed by atoms with E-state index in [9.17, 15) is 28.8 Å². The van der Waals surface area contributed by atoms with Gasteiger partial charge in [0.1, 0.15) is 13.2 Å². The number of methoxy groups -OCH3 is 2. The van der Waals surface area contributed by atoms with Crippen LogP contribution in [0.2, 0.25) is 0 Å². The molecular formula is C50H48N8O10. The second-order valence-electron chi connectivity index (χ2n) is 16.6. The third-order valence-electron chi connectivity index (χ3n) is 12.0. The molecule has 0 aromatic heterocycles. The first-order valence-electron chi connectivity index (χ1n) is 22.0. The molecule has 5 aromatic rings. The Kier molecular flexibility index (Phi) is 12.6. The maximum atomic E-state index is 14.0. The number of benzene rings is 5. The summed E-state index contributed by atoms with van der Waals surface area (Å²) in [6.07, 6.45) is 3.16. The average Bonchev–Trinajstić information content (AvgIpc) is 3.83. The van der Waals surface area contributed by atoms with Crippen LogP contribution in [0.25, 0.3) is 0 Å². The van der Waals surface area contributed by atoms with Gasteiger partial charge in [-0.1, -0.05) is 36.4 Å². The minimum absolute atomic E-state index is 0.00334. The highest BCUT2D eigenvalue weighted by Gasteiger charge is 2.39. The number of para-hydroxylation sites is 2. The van der Waals surface area contributed by atoms with E-state index in [1.807, 2.05) is 59.5 Å². The van der Waals surface area contributed by atoms with Crippen molar-refractivity contribution in [2.75, 3.05) is 60.8 Å². The Morgan fingerprint density at radius 1 is 0.662 bits per heavy atom.